The molecule has 9 nitrogen and oxygen atoms in total. The summed E-state index contributed by atoms with van der Waals surface area (Å²) in [5, 5.41) is 3.20. The Bertz CT molecular complexity index is 835. The third-order valence-corrected chi connectivity index (χ3v) is 4.73. The second-order valence-corrected chi connectivity index (χ2v) is 6.82. The molecule has 2 heterocycles. The van der Waals surface area contributed by atoms with Crippen LogP contribution in [-0.2, 0) is 11.3 Å². The molecule has 0 radical (unpaired) electrons. The molecule has 0 saturated carbocycles. The fraction of sp³-hybridized carbons (Fsp3) is 0.474. The molecule has 0 spiro atoms. The van der Waals surface area contributed by atoms with Crippen LogP contribution < -0.4 is 11.1 Å². The number of nitrogens with two attached hydrogens (primary N) is 1. The molecule has 9 heteroatoms. The number of hydrogen-bond donors (Lipinski definition) is 2. The second-order valence-electron chi connectivity index (χ2n) is 6.82. The summed E-state index contributed by atoms with van der Waals surface area (Å²) >= 11 is 0. The fourth-order valence-corrected chi connectivity index (χ4v) is 3.02. The van der Waals surface area contributed by atoms with Gasteiger partial charge in [0.25, 0.3) is 0 Å². The van der Waals surface area contributed by atoms with Gasteiger partial charge in [0.2, 0.25) is 11.9 Å². The number of anilines is 3. The lowest BCUT2D eigenvalue weighted by Gasteiger charge is -2.33. The van der Waals surface area contributed by atoms with Crippen molar-refractivity contribution < 1.29 is 9.53 Å². The van der Waals surface area contributed by atoms with Gasteiger partial charge in [0.15, 0.2) is 0 Å². The maximum absolute atomic E-state index is 11.8. The van der Waals surface area contributed by atoms with Gasteiger partial charge in [-0.3, -0.25) is 4.90 Å². The van der Waals surface area contributed by atoms with Gasteiger partial charge in [-0.25, -0.2) is 4.79 Å². The van der Waals surface area contributed by atoms with E-state index >= 15 is 0 Å². The number of carbonyl (C=O) groups is 1. The van der Waals surface area contributed by atoms with Crippen molar-refractivity contribution in [3.63, 3.8) is 0 Å². The van der Waals surface area contributed by atoms with E-state index in [1.165, 1.54) is 11.1 Å². The molecule has 1 saturated heterocycles. The lowest BCUT2D eigenvalue weighted by molar-refractivity contribution is 0.0772. The Hall–Kier alpha value is -2.94. The highest BCUT2D eigenvalue weighted by Gasteiger charge is 2.22. The third-order valence-electron chi connectivity index (χ3n) is 4.73. The van der Waals surface area contributed by atoms with E-state index in [0.717, 1.165) is 18.8 Å². The monoisotopic (exact) mass is 385 g/mol. The van der Waals surface area contributed by atoms with Gasteiger partial charge < -0.3 is 20.7 Å². The Labute approximate surface area is 164 Å². The molecule has 1 fully saturated rings. The van der Waals surface area contributed by atoms with Crippen molar-refractivity contribution in [3.8, 4) is 0 Å². The van der Waals surface area contributed by atoms with Crippen molar-refractivity contribution in [1.29, 1.82) is 0 Å². The molecule has 1 aromatic heterocycles. The summed E-state index contributed by atoms with van der Waals surface area (Å²) in [6.45, 7) is 9.56. The SMILES string of the molecule is CCOC(=O)N1CCN(Cc2nc(N)nc(Nc3ccc(C)c(C)c3)n2)CC1. The number of carbonyl (C=O) groups excluding carboxylic acids is 1. The molecule has 28 heavy (non-hydrogen) atoms. The molecule has 2 aromatic rings. The molecule has 1 aromatic carbocycles. The van der Waals surface area contributed by atoms with Crippen molar-refractivity contribution in [2.75, 3.05) is 43.8 Å². The predicted molar refractivity (Wildman–Crippen MR) is 107 cm³/mol. The van der Waals surface area contributed by atoms with E-state index in [0.29, 0.717) is 38.0 Å². The van der Waals surface area contributed by atoms with Crippen LogP contribution in [0.15, 0.2) is 18.2 Å². The molecular formula is C19H27N7O2. The first-order valence-corrected chi connectivity index (χ1v) is 9.43. The summed E-state index contributed by atoms with van der Waals surface area (Å²) in [6, 6.07) is 6.08. The lowest BCUT2D eigenvalue weighted by atomic mass is 10.1. The van der Waals surface area contributed by atoms with Crippen LogP contribution in [0.3, 0.4) is 0 Å². The van der Waals surface area contributed by atoms with Crippen molar-refractivity contribution in [2.24, 2.45) is 0 Å². The first kappa shape index (κ1) is 19.8. The highest BCUT2D eigenvalue weighted by Crippen LogP contribution is 2.18. The zero-order valence-electron chi connectivity index (χ0n) is 16.6. The van der Waals surface area contributed by atoms with Gasteiger partial charge in [-0.05, 0) is 44.0 Å². The molecule has 1 aliphatic heterocycles. The molecule has 0 atom stereocenters. The number of benzene rings is 1. The predicted octanol–water partition coefficient (Wildman–Crippen LogP) is 2.09. The normalized spacial score (nSPS) is 14.8. The number of nitrogen functional groups attached to an aromatic ring is 1. The topological polar surface area (TPSA) is 110 Å². The molecule has 0 unspecified atom stereocenters. The van der Waals surface area contributed by atoms with Crippen molar-refractivity contribution in [2.45, 2.75) is 27.3 Å². The quantitative estimate of drug-likeness (QED) is 0.805. The smallest absolute Gasteiger partial charge is 0.409 e. The van der Waals surface area contributed by atoms with Crippen LogP contribution in [0.5, 0.6) is 0 Å². The Morgan fingerprint density at radius 3 is 2.57 bits per heavy atom. The number of nitrogens with zero attached hydrogens (tertiary/aromatic N) is 5. The van der Waals surface area contributed by atoms with E-state index in [-0.39, 0.29) is 12.0 Å². The Morgan fingerprint density at radius 1 is 1.14 bits per heavy atom. The first-order valence-electron chi connectivity index (χ1n) is 9.43. The summed E-state index contributed by atoms with van der Waals surface area (Å²) in [5.41, 5.74) is 9.19. The number of ether oxygens (including phenoxy) is 1. The third kappa shape index (κ3) is 5.07. The van der Waals surface area contributed by atoms with E-state index in [1.54, 1.807) is 4.90 Å². The van der Waals surface area contributed by atoms with Crippen LogP contribution in [-0.4, -0.2) is 63.6 Å². The highest BCUT2D eigenvalue weighted by molar-refractivity contribution is 5.67. The Kier molecular flexibility index (Phi) is 6.25. The minimum absolute atomic E-state index is 0.182. The van der Waals surface area contributed by atoms with E-state index < -0.39 is 0 Å². The number of nitrogens with one attached hydrogen (secondary N) is 1. The zero-order chi connectivity index (χ0) is 20.1. The highest BCUT2D eigenvalue weighted by atomic mass is 16.6. The summed E-state index contributed by atoms with van der Waals surface area (Å²) < 4.78 is 5.05. The Balaban J connectivity index is 1.62. The number of piperazine rings is 1. The Morgan fingerprint density at radius 2 is 1.89 bits per heavy atom. The lowest BCUT2D eigenvalue weighted by Crippen LogP contribution is -2.48. The summed E-state index contributed by atoms with van der Waals surface area (Å²) in [4.78, 5) is 28.6. The van der Waals surface area contributed by atoms with Gasteiger partial charge >= 0.3 is 6.09 Å². The van der Waals surface area contributed by atoms with Crippen LogP contribution in [0.4, 0.5) is 22.4 Å². The molecule has 0 bridgehead atoms. The van der Waals surface area contributed by atoms with E-state index in [4.69, 9.17) is 10.5 Å². The molecule has 3 rings (SSSR count). The molecular weight excluding hydrogens is 358 g/mol. The largest absolute Gasteiger partial charge is 0.450 e. The minimum Gasteiger partial charge on any atom is -0.450 e. The van der Waals surface area contributed by atoms with E-state index in [9.17, 15) is 4.79 Å². The molecule has 0 aliphatic carbocycles. The fourth-order valence-electron chi connectivity index (χ4n) is 3.02. The summed E-state index contributed by atoms with van der Waals surface area (Å²) in [6.07, 6.45) is -0.258. The van der Waals surface area contributed by atoms with Crippen LogP contribution in [0.1, 0.15) is 23.9 Å². The van der Waals surface area contributed by atoms with Gasteiger partial charge in [-0.15, -0.1) is 0 Å². The second kappa shape index (κ2) is 8.83. The van der Waals surface area contributed by atoms with Gasteiger partial charge in [-0.2, -0.15) is 15.0 Å². The van der Waals surface area contributed by atoms with Gasteiger partial charge in [0.05, 0.1) is 13.2 Å². The minimum atomic E-state index is -0.258. The summed E-state index contributed by atoms with van der Waals surface area (Å²) in [5.74, 6) is 1.21. The molecule has 3 N–H and O–H groups in total. The van der Waals surface area contributed by atoms with Gasteiger partial charge in [0.1, 0.15) is 5.82 Å². The zero-order valence-corrected chi connectivity index (χ0v) is 16.6. The van der Waals surface area contributed by atoms with Crippen LogP contribution in [0.25, 0.3) is 0 Å². The number of aryl methyl sites for hydroxylation is 2. The van der Waals surface area contributed by atoms with Crippen molar-refractivity contribution >= 4 is 23.7 Å². The van der Waals surface area contributed by atoms with Crippen LogP contribution in [0, 0.1) is 13.8 Å². The van der Waals surface area contributed by atoms with Crippen molar-refractivity contribution in [1.82, 2.24) is 24.8 Å². The average Bonchev–Trinajstić information content (AvgIpc) is 2.65. The first-order chi connectivity index (χ1) is 13.4. The maximum Gasteiger partial charge on any atom is 0.409 e. The van der Waals surface area contributed by atoms with Gasteiger partial charge in [-0.1, -0.05) is 6.07 Å². The standard InChI is InChI=1S/C19H27N7O2/c1-4-28-19(27)26-9-7-25(8-10-26)12-16-22-17(20)24-18(23-16)21-15-6-5-13(2)14(3)11-15/h5-6,11H,4,7-10,12H2,1-3H3,(H3,20,21,22,23,24). The summed E-state index contributed by atoms with van der Waals surface area (Å²) in [7, 11) is 0. The number of hydrogen-bond acceptors (Lipinski definition) is 8. The van der Waals surface area contributed by atoms with Crippen LogP contribution in [0.2, 0.25) is 0 Å². The van der Waals surface area contributed by atoms with E-state index in [1.807, 2.05) is 25.1 Å². The number of rotatable bonds is 5. The van der Waals surface area contributed by atoms with E-state index in [2.05, 4.69) is 39.0 Å². The molecule has 1 amide bonds. The molecule has 150 valence electrons. The van der Waals surface area contributed by atoms with Crippen molar-refractivity contribution in [3.05, 3.63) is 35.2 Å². The number of aromatic nitrogens is 3. The number of amides is 1. The van der Waals surface area contributed by atoms with Crippen LogP contribution >= 0.6 is 0 Å². The van der Waals surface area contributed by atoms with Gasteiger partial charge in [0, 0.05) is 31.9 Å². The average molecular weight is 385 g/mol. The maximum atomic E-state index is 11.8. The molecule has 1 aliphatic rings.